The summed E-state index contributed by atoms with van der Waals surface area (Å²) in [6, 6.07) is 15.8. The molecule has 0 spiro atoms. The number of anilines is 1. The Labute approximate surface area is 165 Å². The number of piperidine rings is 1. The summed E-state index contributed by atoms with van der Waals surface area (Å²) in [5, 5.41) is 11.9. The number of nitrogens with one attached hydrogen (secondary N) is 1. The second-order valence-electron chi connectivity index (χ2n) is 6.82. The van der Waals surface area contributed by atoms with E-state index in [0.717, 1.165) is 12.0 Å². The van der Waals surface area contributed by atoms with Crippen LogP contribution in [-0.4, -0.2) is 31.7 Å². The van der Waals surface area contributed by atoms with Crippen LogP contribution in [0.25, 0.3) is 0 Å². The molecule has 0 aromatic heterocycles. The maximum atomic E-state index is 12.8. The Balaban J connectivity index is 1.63. The van der Waals surface area contributed by atoms with Crippen LogP contribution in [0.4, 0.5) is 5.69 Å². The number of nitriles is 1. The van der Waals surface area contributed by atoms with Crippen molar-refractivity contribution in [3.63, 3.8) is 0 Å². The monoisotopic (exact) mass is 397 g/mol. The molecule has 28 heavy (non-hydrogen) atoms. The molecule has 2 aromatic rings. The van der Waals surface area contributed by atoms with Gasteiger partial charge in [-0.2, -0.15) is 9.57 Å². The van der Waals surface area contributed by atoms with Crippen LogP contribution in [0.3, 0.4) is 0 Å². The molecule has 0 aliphatic carbocycles. The van der Waals surface area contributed by atoms with E-state index in [4.69, 9.17) is 5.26 Å². The van der Waals surface area contributed by atoms with E-state index in [1.165, 1.54) is 4.31 Å². The van der Waals surface area contributed by atoms with E-state index in [1.54, 1.807) is 36.4 Å². The van der Waals surface area contributed by atoms with Crippen LogP contribution in [-0.2, 0) is 21.2 Å². The maximum absolute atomic E-state index is 12.8. The number of sulfonamides is 1. The Hall–Kier alpha value is -2.69. The average molecular weight is 398 g/mol. The molecule has 6 nitrogen and oxygen atoms in total. The predicted molar refractivity (Wildman–Crippen MR) is 107 cm³/mol. The Morgan fingerprint density at radius 3 is 2.39 bits per heavy atom. The van der Waals surface area contributed by atoms with Gasteiger partial charge in [-0.1, -0.05) is 31.2 Å². The molecular formula is C21H23N3O3S. The third-order valence-electron chi connectivity index (χ3n) is 5.10. The summed E-state index contributed by atoms with van der Waals surface area (Å²) >= 11 is 0. The van der Waals surface area contributed by atoms with Gasteiger partial charge in [-0.15, -0.1) is 0 Å². The van der Waals surface area contributed by atoms with E-state index in [0.29, 0.717) is 37.2 Å². The second-order valence-corrected chi connectivity index (χ2v) is 8.76. The summed E-state index contributed by atoms with van der Waals surface area (Å²) < 4.78 is 27.1. The van der Waals surface area contributed by atoms with Crippen LogP contribution in [0.1, 0.15) is 30.9 Å². The molecule has 2 aromatic carbocycles. The molecule has 1 saturated heterocycles. The van der Waals surface area contributed by atoms with Gasteiger partial charge in [0.25, 0.3) is 0 Å². The number of benzene rings is 2. The molecule has 0 saturated carbocycles. The number of rotatable bonds is 5. The lowest BCUT2D eigenvalue weighted by atomic mass is 9.97. The fraction of sp³-hybridized carbons (Fsp3) is 0.333. The molecule has 1 aliphatic heterocycles. The summed E-state index contributed by atoms with van der Waals surface area (Å²) in [5.41, 5.74) is 1.99. The standard InChI is InChI=1S/C21H23N3O3S/c1-2-16-7-9-19(10-8-16)28(26,27)24-13-11-17(12-14-24)21(25)23-20-6-4-3-5-18(20)15-22/h3-10,17H,2,11-14H2,1H3,(H,23,25). The zero-order valence-corrected chi connectivity index (χ0v) is 16.6. The summed E-state index contributed by atoms with van der Waals surface area (Å²) in [7, 11) is -3.55. The quantitative estimate of drug-likeness (QED) is 0.839. The first-order chi connectivity index (χ1) is 13.5. The highest BCUT2D eigenvalue weighted by atomic mass is 32.2. The largest absolute Gasteiger partial charge is 0.325 e. The van der Waals surface area contributed by atoms with E-state index < -0.39 is 10.0 Å². The summed E-state index contributed by atoms with van der Waals surface area (Å²) in [4.78, 5) is 12.8. The van der Waals surface area contributed by atoms with E-state index in [2.05, 4.69) is 11.4 Å². The minimum absolute atomic E-state index is 0.174. The molecule has 1 aliphatic rings. The number of hydrogen-bond acceptors (Lipinski definition) is 4. The first kappa shape index (κ1) is 20.1. The highest BCUT2D eigenvalue weighted by molar-refractivity contribution is 7.89. The summed E-state index contributed by atoms with van der Waals surface area (Å²) in [5.74, 6) is -0.451. The minimum atomic E-state index is -3.55. The lowest BCUT2D eigenvalue weighted by Crippen LogP contribution is -2.41. The van der Waals surface area contributed by atoms with Crippen LogP contribution in [0.2, 0.25) is 0 Å². The first-order valence-electron chi connectivity index (χ1n) is 9.34. The van der Waals surface area contributed by atoms with Gasteiger partial charge in [0.05, 0.1) is 16.1 Å². The highest BCUT2D eigenvalue weighted by Gasteiger charge is 2.32. The molecule has 1 heterocycles. The number of carbonyl (C=O) groups excluding carboxylic acids is 1. The van der Waals surface area contributed by atoms with Crippen molar-refractivity contribution < 1.29 is 13.2 Å². The normalized spacial score (nSPS) is 15.7. The lowest BCUT2D eigenvalue weighted by Gasteiger charge is -2.30. The Bertz CT molecular complexity index is 986. The van der Waals surface area contributed by atoms with Crippen LogP contribution in [0.15, 0.2) is 53.4 Å². The molecule has 1 fully saturated rings. The Kier molecular flexibility index (Phi) is 6.12. The van der Waals surface area contributed by atoms with Gasteiger partial charge in [0, 0.05) is 19.0 Å². The van der Waals surface area contributed by atoms with Crippen molar-refractivity contribution in [2.45, 2.75) is 31.1 Å². The molecule has 146 valence electrons. The van der Waals surface area contributed by atoms with Crippen molar-refractivity contribution in [3.8, 4) is 6.07 Å². The maximum Gasteiger partial charge on any atom is 0.243 e. The zero-order valence-electron chi connectivity index (χ0n) is 15.8. The molecule has 0 bridgehead atoms. The van der Waals surface area contributed by atoms with Gasteiger partial charge in [0.15, 0.2) is 0 Å². The number of carbonyl (C=O) groups is 1. The van der Waals surface area contributed by atoms with Crippen molar-refractivity contribution in [1.82, 2.24) is 4.31 Å². The fourth-order valence-corrected chi connectivity index (χ4v) is 4.80. The van der Waals surface area contributed by atoms with Crippen molar-refractivity contribution in [2.24, 2.45) is 5.92 Å². The number of para-hydroxylation sites is 1. The second kappa shape index (κ2) is 8.55. The van der Waals surface area contributed by atoms with Gasteiger partial charge in [-0.3, -0.25) is 4.79 Å². The SMILES string of the molecule is CCc1ccc(S(=O)(=O)N2CCC(C(=O)Nc3ccccc3C#N)CC2)cc1. The van der Waals surface area contributed by atoms with E-state index in [9.17, 15) is 13.2 Å². The van der Waals surface area contributed by atoms with E-state index in [1.807, 2.05) is 19.1 Å². The van der Waals surface area contributed by atoms with Crippen molar-refractivity contribution in [3.05, 3.63) is 59.7 Å². The smallest absolute Gasteiger partial charge is 0.243 e. The number of aryl methyl sites for hydroxylation is 1. The first-order valence-corrected chi connectivity index (χ1v) is 10.8. The van der Waals surface area contributed by atoms with Crippen molar-refractivity contribution in [1.29, 1.82) is 5.26 Å². The predicted octanol–water partition coefficient (Wildman–Crippen LogP) is 3.16. The highest BCUT2D eigenvalue weighted by Crippen LogP contribution is 2.25. The molecule has 3 rings (SSSR count). The minimum Gasteiger partial charge on any atom is -0.325 e. The van der Waals surface area contributed by atoms with Gasteiger partial charge in [0.2, 0.25) is 15.9 Å². The summed E-state index contributed by atoms with van der Waals surface area (Å²) in [6.45, 7) is 2.63. The third kappa shape index (κ3) is 4.24. The Morgan fingerprint density at radius 2 is 1.79 bits per heavy atom. The van der Waals surface area contributed by atoms with Gasteiger partial charge >= 0.3 is 0 Å². The van der Waals surface area contributed by atoms with Crippen molar-refractivity contribution >= 4 is 21.6 Å². The molecule has 0 radical (unpaired) electrons. The fourth-order valence-electron chi connectivity index (χ4n) is 3.33. The van der Waals surface area contributed by atoms with Crippen molar-refractivity contribution in [2.75, 3.05) is 18.4 Å². The molecule has 0 atom stereocenters. The van der Waals surface area contributed by atoms with Gasteiger partial charge < -0.3 is 5.32 Å². The topological polar surface area (TPSA) is 90.3 Å². The number of hydrogen-bond donors (Lipinski definition) is 1. The van der Waals surface area contributed by atoms with Crippen LogP contribution >= 0.6 is 0 Å². The van der Waals surface area contributed by atoms with E-state index in [-0.39, 0.29) is 16.7 Å². The zero-order chi connectivity index (χ0) is 20.1. The molecule has 0 unspecified atom stereocenters. The number of nitrogens with zero attached hydrogens (tertiary/aromatic N) is 2. The van der Waals surface area contributed by atoms with Crippen LogP contribution in [0.5, 0.6) is 0 Å². The molecule has 7 heteroatoms. The van der Waals surface area contributed by atoms with Crippen LogP contribution < -0.4 is 5.32 Å². The molecule has 1 N–H and O–H groups in total. The molecular weight excluding hydrogens is 374 g/mol. The Morgan fingerprint density at radius 1 is 1.14 bits per heavy atom. The average Bonchev–Trinajstić information content (AvgIpc) is 2.74. The molecule has 1 amide bonds. The van der Waals surface area contributed by atoms with Gasteiger partial charge in [0.1, 0.15) is 6.07 Å². The summed E-state index contributed by atoms with van der Waals surface area (Å²) in [6.07, 6.45) is 1.76. The van der Waals surface area contributed by atoms with E-state index >= 15 is 0 Å². The lowest BCUT2D eigenvalue weighted by molar-refractivity contribution is -0.120. The third-order valence-corrected chi connectivity index (χ3v) is 7.01. The van der Waals surface area contributed by atoms with Gasteiger partial charge in [-0.05, 0) is 49.1 Å². The van der Waals surface area contributed by atoms with Gasteiger partial charge in [-0.25, -0.2) is 8.42 Å². The van der Waals surface area contributed by atoms with Crippen LogP contribution in [0, 0.1) is 17.2 Å². The number of amides is 1.